The third-order valence-corrected chi connectivity index (χ3v) is 3.98. The molecule has 5 heteroatoms. The highest BCUT2D eigenvalue weighted by Crippen LogP contribution is 2.21. The van der Waals surface area contributed by atoms with Gasteiger partial charge in [-0.05, 0) is 42.8 Å². The largest absolute Gasteiger partial charge is 0.419 e. The van der Waals surface area contributed by atoms with E-state index in [2.05, 4.69) is 44.4 Å². The van der Waals surface area contributed by atoms with Crippen molar-refractivity contribution in [2.24, 2.45) is 0 Å². The Morgan fingerprint density at radius 1 is 1.10 bits per heavy atom. The summed E-state index contributed by atoms with van der Waals surface area (Å²) in [4.78, 5) is 0. The van der Waals surface area contributed by atoms with Crippen molar-refractivity contribution in [2.75, 3.05) is 5.32 Å². The maximum atomic E-state index is 5.65. The number of nitrogens with zero attached hydrogens (tertiary/aromatic N) is 2. The highest BCUT2D eigenvalue weighted by Gasteiger charge is 2.07. The monoisotopic (exact) mass is 343 g/mol. The van der Waals surface area contributed by atoms with E-state index >= 15 is 0 Å². The number of hydrogen-bond donors (Lipinski definition) is 1. The summed E-state index contributed by atoms with van der Waals surface area (Å²) in [5, 5.41) is 11.4. The molecule has 0 aliphatic carbocycles. The number of hydrogen-bond acceptors (Lipinski definition) is 4. The second kappa shape index (κ2) is 6.10. The van der Waals surface area contributed by atoms with Crippen molar-refractivity contribution < 1.29 is 4.42 Å². The molecule has 3 rings (SSSR count). The number of benzene rings is 2. The van der Waals surface area contributed by atoms with Gasteiger partial charge in [-0.1, -0.05) is 34.1 Å². The molecule has 0 atom stereocenters. The van der Waals surface area contributed by atoms with Gasteiger partial charge < -0.3 is 9.73 Å². The van der Waals surface area contributed by atoms with Gasteiger partial charge in [0, 0.05) is 15.7 Å². The van der Waals surface area contributed by atoms with Crippen LogP contribution in [-0.4, -0.2) is 10.2 Å². The van der Waals surface area contributed by atoms with E-state index < -0.39 is 0 Å². The van der Waals surface area contributed by atoms with E-state index in [0.29, 0.717) is 18.3 Å². The maximum absolute atomic E-state index is 5.65. The van der Waals surface area contributed by atoms with Crippen molar-refractivity contribution in [3.8, 4) is 11.5 Å². The van der Waals surface area contributed by atoms with Gasteiger partial charge in [-0.3, -0.25) is 0 Å². The fourth-order valence-corrected chi connectivity index (χ4v) is 2.20. The quantitative estimate of drug-likeness (QED) is 0.761. The molecule has 4 nitrogen and oxygen atoms in total. The van der Waals surface area contributed by atoms with Crippen molar-refractivity contribution in [1.29, 1.82) is 0 Å². The minimum Gasteiger partial charge on any atom is -0.419 e. The lowest BCUT2D eigenvalue weighted by molar-refractivity contribution is 0.515. The number of anilines is 1. The highest BCUT2D eigenvalue weighted by atomic mass is 79.9. The number of nitrogens with one attached hydrogen (secondary N) is 1. The minimum atomic E-state index is 0.501. The van der Waals surface area contributed by atoms with Gasteiger partial charge in [-0.15, -0.1) is 10.2 Å². The third kappa shape index (κ3) is 3.31. The average Bonchev–Trinajstić information content (AvgIpc) is 2.98. The van der Waals surface area contributed by atoms with Gasteiger partial charge in [-0.25, -0.2) is 0 Å². The van der Waals surface area contributed by atoms with Crippen LogP contribution in [-0.2, 0) is 6.54 Å². The van der Waals surface area contributed by atoms with Crippen LogP contribution in [0.2, 0.25) is 0 Å². The number of halogens is 1. The summed E-state index contributed by atoms with van der Waals surface area (Å²) in [5.41, 5.74) is 3.13. The molecule has 1 aromatic heterocycles. The Morgan fingerprint density at radius 3 is 2.67 bits per heavy atom. The standard InChI is InChI=1S/C16H14BrN3O/c1-11-9-13(7-8-14(11)17)18-10-15-19-20-16(21-15)12-5-3-2-4-6-12/h2-9,18H,10H2,1H3. The molecule has 0 radical (unpaired) electrons. The topological polar surface area (TPSA) is 51.0 Å². The molecular formula is C16H14BrN3O. The lowest BCUT2D eigenvalue weighted by Gasteiger charge is -2.05. The molecule has 0 spiro atoms. The third-order valence-electron chi connectivity index (χ3n) is 3.09. The Bertz CT molecular complexity index is 740. The van der Waals surface area contributed by atoms with Gasteiger partial charge in [0.1, 0.15) is 0 Å². The van der Waals surface area contributed by atoms with E-state index in [0.717, 1.165) is 15.7 Å². The first-order valence-electron chi connectivity index (χ1n) is 6.60. The van der Waals surface area contributed by atoms with Crippen LogP contribution in [0.3, 0.4) is 0 Å². The molecule has 3 aromatic rings. The first kappa shape index (κ1) is 13.8. The molecule has 0 aliphatic rings. The molecule has 2 aromatic carbocycles. The van der Waals surface area contributed by atoms with E-state index in [9.17, 15) is 0 Å². The van der Waals surface area contributed by atoms with Crippen LogP contribution in [0.15, 0.2) is 57.4 Å². The Kier molecular flexibility index (Phi) is 4.01. The number of rotatable bonds is 4. The molecule has 0 saturated heterocycles. The van der Waals surface area contributed by atoms with Gasteiger partial charge in [-0.2, -0.15) is 0 Å². The van der Waals surface area contributed by atoms with E-state index in [1.807, 2.05) is 42.5 Å². The summed E-state index contributed by atoms with van der Waals surface area (Å²) in [6.07, 6.45) is 0. The van der Waals surface area contributed by atoms with Crippen LogP contribution in [0, 0.1) is 6.92 Å². The van der Waals surface area contributed by atoms with Gasteiger partial charge in [0.25, 0.3) is 0 Å². The molecule has 106 valence electrons. The van der Waals surface area contributed by atoms with E-state index in [1.165, 1.54) is 5.56 Å². The maximum Gasteiger partial charge on any atom is 0.247 e. The highest BCUT2D eigenvalue weighted by molar-refractivity contribution is 9.10. The van der Waals surface area contributed by atoms with Crippen LogP contribution in [0.4, 0.5) is 5.69 Å². The Labute approximate surface area is 131 Å². The number of aryl methyl sites for hydroxylation is 1. The van der Waals surface area contributed by atoms with Crippen LogP contribution in [0.5, 0.6) is 0 Å². The van der Waals surface area contributed by atoms with E-state index in [4.69, 9.17) is 4.42 Å². The normalized spacial score (nSPS) is 10.6. The molecule has 21 heavy (non-hydrogen) atoms. The van der Waals surface area contributed by atoms with Crippen molar-refractivity contribution in [3.05, 3.63) is 64.5 Å². The van der Waals surface area contributed by atoms with Crippen molar-refractivity contribution in [3.63, 3.8) is 0 Å². The Balaban J connectivity index is 1.69. The summed E-state index contributed by atoms with van der Waals surface area (Å²) >= 11 is 3.49. The van der Waals surface area contributed by atoms with E-state index in [-0.39, 0.29) is 0 Å². The summed E-state index contributed by atoms with van der Waals surface area (Å²) in [6, 6.07) is 15.8. The van der Waals surface area contributed by atoms with Crippen molar-refractivity contribution >= 4 is 21.6 Å². The smallest absolute Gasteiger partial charge is 0.247 e. The van der Waals surface area contributed by atoms with E-state index in [1.54, 1.807) is 0 Å². The minimum absolute atomic E-state index is 0.501. The van der Waals surface area contributed by atoms with Crippen molar-refractivity contribution in [1.82, 2.24) is 10.2 Å². The summed E-state index contributed by atoms with van der Waals surface area (Å²) in [5.74, 6) is 1.11. The molecule has 0 fully saturated rings. The zero-order valence-corrected chi connectivity index (χ0v) is 13.1. The molecule has 0 aliphatic heterocycles. The predicted octanol–water partition coefficient (Wildman–Crippen LogP) is 4.42. The van der Waals surface area contributed by atoms with Gasteiger partial charge in [0.2, 0.25) is 11.8 Å². The summed E-state index contributed by atoms with van der Waals surface area (Å²) < 4.78 is 6.75. The zero-order chi connectivity index (χ0) is 14.7. The predicted molar refractivity (Wildman–Crippen MR) is 85.9 cm³/mol. The Morgan fingerprint density at radius 2 is 1.90 bits per heavy atom. The molecular weight excluding hydrogens is 330 g/mol. The molecule has 0 amide bonds. The SMILES string of the molecule is Cc1cc(NCc2nnc(-c3ccccc3)o2)ccc1Br. The van der Waals surface area contributed by atoms with Gasteiger partial charge in [0.15, 0.2) is 0 Å². The lowest BCUT2D eigenvalue weighted by Crippen LogP contribution is -1.99. The van der Waals surface area contributed by atoms with Gasteiger partial charge >= 0.3 is 0 Å². The lowest BCUT2D eigenvalue weighted by atomic mass is 10.2. The molecule has 0 bridgehead atoms. The Hall–Kier alpha value is -2.14. The average molecular weight is 344 g/mol. The summed E-state index contributed by atoms with van der Waals surface area (Å²) in [7, 11) is 0. The zero-order valence-electron chi connectivity index (χ0n) is 11.5. The fourth-order valence-electron chi connectivity index (χ4n) is 1.95. The van der Waals surface area contributed by atoms with Crippen LogP contribution >= 0.6 is 15.9 Å². The molecule has 1 heterocycles. The summed E-state index contributed by atoms with van der Waals surface area (Å²) in [6.45, 7) is 2.55. The molecule has 0 saturated carbocycles. The first-order valence-corrected chi connectivity index (χ1v) is 7.39. The second-order valence-corrected chi connectivity index (χ2v) is 5.54. The van der Waals surface area contributed by atoms with Crippen LogP contribution in [0.1, 0.15) is 11.5 Å². The fraction of sp³-hybridized carbons (Fsp3) is 0.125. The van der Waals surface area contributed by atoms with Crippen molar-refractivity contribution in [2.45, 2.75) is 13.5 Å². The van der Waals surface area contributed by atoms with Gasteiger partial charge in [0.05, 0.1) is 6.54 Å². The molecule has 0 unspecified atom stereocenters. The number of aromatic nitrogens is 2. The van der Waals surface area contributed by atoms with Crippen LogP contribution in [0.25, 0.3) is 11.5 Å². The first-order chi connectivity index (χ1) is 10.2. The molecule has 1 N–H and O–H groups in total. The second-order valence-electron chi connectivity index (χ2n) is 4.68. The van der Waals surface area contributed by atoms with Crippen LogP contribution < -0.4 is 5.32 Å².